The number of para-hydroxylation sites is 1. The second-order valence-corrected chi connectivity index (χ2v) is 8.65. The molecule has 0 amide bonds. The molecule has 3 rings (SSSR count). The van der Waals surface area contributed by atoms with Crippen molar-refractivity contribution in [2.45, 2.75) is 24.7 Å². The number of rotatable bonds is 6. The predicted molar refractivity (Wildman–Crippen MR) is 106 cm³/mol. The van der Waals surface area contributed by atoms with Gasteiger partial charge >= 0.3 is 0 Å². The lowest BCUT2D eigenvalue weighted by Crippen LogP contribution is -2.14. The van der Waals surface area contributed by atoms with E-state index in [0.29, 0.717) is 11.6 Å². The van der Waals surface area contributed by atoms with Crippen LogP contribution in [0, 0.1) is 10.1 Å². The fourth-order valence-electron chi connectivity index (χ4n) is 2.50. The number of nitrogens with one attached hydrogen (secondary N) is 1. The normalized spacial score (nSPS) is 11.5. The molecule has 0 saturated carbocycles. The monoisotopic (exact) mass is 403 g/mol. The summed E-state index contributed by atoms with van der Waals surface area (Å²) >= 11 is 1.12. The molecule has 0 fully saturated rings. The summed E-state index contributed by atoms with van der Waals surface area (Å²) in [7, 11) is -4.12. The smallest absolute Gasteiger partial charge is 0.258 e. The van der Waals surface area contributed by atoms with Gasteiger partial charge in [0.15, 0.2) is 10.0 Å². The predicted octanol–water partition coefficient (Wildman–Crippen LogP) is 4.64. The third-order valence-electron chi connectivity index (χ3n) is 3.95. The van der Waals surface area contributed by atoms with Crippen molar-refractivity contribution < 1.29 is 13.3 Å². The van der Waals surface area contributed by atoms with Gasteiger partial charge in [0.05, 0.1) is 10.6 Å². The molecule has 7 nitrogen and oxygen atoms in total. The van der Waals surface area contributed by atoms with Crippen LogP contribution in [0.1, 0.15) is 25.3 Å². The van der Waals surface area contributed by atoms with E-state index in [0.717, 1.165) is 23.0 Å². The van der Waals surface area contributed by atoms with Crippen molar-refractivity contribution >= 4 is 32.2 Å². The molecule has 2 aromatic carbocycles. The number of benzene rings is 2. The van der Waals surface area contributed by atoms with Gasteiger partial charge in [-0.3, -0.25) is 14.8 Å². The van der Waals surface area contributed by atoms with E-state index in [-0.39, 0.29) is 5.13 Å². The molecule has 0 spiro atoms. The standard InChI is InChI=1S/C18H17N3O4S2/c1-12(2)13-7-9-14(10-8-13)15-11-26-18(19-15)20-27(24,25)17-6-4-3-5-16(17)21(22)23/h3-12H,1-2H3,(H,19,20). The number of thiazole rings is 1. The number of hydrogen-bond donors (Lipinski definition) is 1. The Kier molecular flexibility index (Phi) is 5.24. The summed E-state index contributed by atoms with van der Waals surface area (Å²) in [5.74, 6) is 0.415. The molecule has 0 unspecified atom stereocenters. The first-order chi connectivity index (χ1) is 12.8. The quantitative estimate of drug-likeness (QED) is 0.477. The Morgan fingerprint density at radius 2 is 1.78 bits per heavy atom. The Morgan fingerprint density at radius 1 is 1.11 bits per heavy atom. The highest BCUT2D eigenvalue weighted by atomic mass is 32.2. The van der Waals surface area contributed by atoms with Crippen LogP contribution in [-0.4, -0.2) is 18.3 Å². The molecule has 1 aromatic heterocycles. The molecule has 0 aliphatic heterocycles. The van der Waals surface area contributed by atoms with E-state index in [9.17, 15) is 18.5 Å². The molecular weight excluding hydrogens is 386 g/mol. The Balaban J connectivity index is 1.86. The van der Waals surface area contributed by atoms with Crippen molar-refractivity contribution in [1.29, 1.82) is 0 Å². The maximum absolute atomic E-state index is 12.5. The Hall–Kier alpha value is -2.78. The van der Waals surface area contributed by atoms with Crippen LogP contribution in [0.3, 0.4) is 0 Å². The average molecular weight is 403 g/mol. The number of aromatic nitrogens is 1. The highest BCUT2D eigenvalue weighted by Gasteiger charge is 2.26. The van der Waals surface area contributed by atoms with Gasteiger partial charge in [-0.15, -0.1) is 11.3 Å². The maximum atomic E-state index is 12.5. The van der Waals surface area contributed by atoms with Crippen LogP contribution >= 0.6 is 11.3 Å². The van der Waals surface area contributed by atoms with Crippen LogP contribution in [0.25, 0.3) is 11.3 Å². The van der Waals surface area contributed by atoms with Gasteiger partial charge in [0.2, 0.25) is 0 Å². The molecule has 0 saturated heterocycles. The Morgan fingerprint density at radius 3 is 2.41 bits per heavy atom. The first kappa shape index (κ1) is 19.0. The van der Waals surface area contributed by atoms with Crippen molar-refractivity contribution in [2.24, 2.45) is 0 Å². The lowest BCUT2D eigenvalue weighted by Gasteiger charge is -2.06. The molecule has 0 radical (unpaired) electrons. The van der Waals surface area contributed by atoms with Crippen LogP contribution in [0.15, 0.2) is 58.8 Å². The summed E-state index contributed by atoms with van der Waals surface area (Å²) in [6.45, 7) is 4.21. The highest BCUT2D eigenvalue weighted by molar-refractivity contribution is 7.93. The van der Waals surface area contributed by atoms with Crippen LogP contribution in [0.4, 0.5) is 10.8 Å². The molecule has 1 heterocycles. The molecule has 0 bridgehead atoms. The zero-order valence-electron chi connectivity index (χ0n) is 14.6. The van der Waals surface area contributed by atoms with E-state index in [1.807, 2.05) is 24.3 Å². The van der Waals surface area contributed by atoms with Crippen LogP contribution in [-0.2, 0) is 10.0 Å². The Bertz CT molecular complexity index is 1070. The van der Waals surface area contributed by atoms with E-state index in [2.05, 4.69) is 23.6 Å². The number of nitro groups is 1. The van der Waals surface area contributed by atoms with Crippen LogP contribution in [0.2, 0.25) is 0 Å². The number of sulfonamides is 1. The van der Waals surface area contributed by atoms with Gasteiger partial charge in [-0.2, -0.15) is 0 Å². The van der Waals surface area contributed by atoms with Crippen molar-refractivity contribution in [3.63, 3.8) is 0 Å². The maximum Gasteiger partial charge on any atom is 0.289 e. The molecule has 0 aliphatic carbocycles. The summed E-state index contributed by atoms with van der Waals surface area (Å²) in [5.41, 5.74) is 2.22. The van der Waals surface area contributed by atoms with E-state index < -0.39 is 25.5 Å². The lowest BCUT2D eigenvalue weighted by atomic mass is 10.0. The zero-order valence-corrected chi connectivity index (χ0v) is 16.3. The molecule has 3 aromatic rings. The SMILES string of the molecule is CC(C)c1ccc(-c2csc(NS(=O)(=O)c3ccccc3[N+](=O)[O-])n2)cc1. The van der Waals surface area contributed by atoms with Crippen molar-refractivity contribution in [3.8, 4) is 11.3 Å². The fourth-order valence-corrected chi connectivity index (χ4v) is 4.64. The average Bonchev–Trinajstić information content (AvgIpc) is 3.09. The molecule has 9 heteroatoms. The molecule has 0 atom stereocenters. The van der Waals surface area contributed by atoms with Crippen LogP contribution < -0.4 is 4.72 Å². The molecule has 0 aliphatic rings. The first-order valence-corrected chi connectivity index (χ1v) is 10.5. The summed E-state index contributed by atoms with van der Waals surface area (Å²) < 4.78 is 27.4. The fraction of sp³-hybridized carbons (Fsp3) is 0.167. The molecule has 1 N–H and O–H groups in total. The highest BCUT2D eigenvalue weighted by Crippen LogP contribution is 2.30. The van der Waals surface area contributed by atoms with Gasteiger partial charge in [-0.1, -0.05) is 50.2 Å². The summed E-state index contributed by atoms with van der Waals surface area (Å²) in [4.78, 5) is 14.3. The van der Waals surface area contributed by atoms with Gasteiger partial charge in [0.25, 0.3) is 15.7 Å². The second-order valence-electron chi connectivity index (χ2n) is 6.14. The van der Waals surface area contributed by atoms with Gasteiger partial charge in [-0.25, -0.2) is 13.4 Å². The molecular formula is C18H17N3O4S2. The minimum absolute atomic E-state index is 0.149. The van der Waals surface area contributed by atoms with Gasteiger partial charge < -0.3 is 0 Å². The summed E-state index contributed by atoms with van der Waals surface area (Å²) in [6.07, 6.45) is 0. The third-order valence-corrected chi connectivity index (χ3v) is 6.22. The first-order valence-electron chi connectivity index (χ1n) is 8.10. The van der Waals surface area contributed by atoms with E-state index in [1.54, 1.807) is 5.38 Å². The van der Waals surface area contributed by atoms with Gasteiger partial charge in [-0.05, 0) is 17.5 Å². The number of hydrogen-bond acceptors (Lipinski definition) is 6. The molecule has 140 valence electrons. The van der Waals surface area contributed by atoms with E-state index >= 15 is 0 Å². The topological polar surface area (TPSA) is 102 Å². The number of nitro benzene ring substituents is 1. The number of nitrogens with zero attached hydrogens (tertiary/aromatic N) is 2. The van der Waals surface area contributed by atoms with E-state index in [4.69, 9.17) is 0 Å². The molecule has 27 heavy (non-hydrogen) atoms. The largest absolute Gasteiger partial charge is 0.289 e. The van der Waals surface area contributed by atoms with Crippen molar-refractivity contribution in [1.82, 2.24) is 4.98 Å². The lowest BCUT2D eigenvalue weighted by molar-refractivity contribution is -0.387. The minimum atomic E-state index is -4.12. The van der Waals surface area contributed by atoms with Crippen molar-refractivity contribution in [3.05, 3.63) is 69.6 Å². The zero-order chi connectivity index (χ0) is 19.6. The van der Waals surface area contributed by atoms with Gasteiger partial charge in [0.1, 0.15) is 0 Å². The number of anilines is 1. The third kappa shape index (κ3) is 4.15. The summed E-state index contributed by atoms with van der Waals surface area (Å²) in [5, 5.41) is 13.0. The van der Waals surface area contributed by atoms with Crippen molar-refractivity contribution in [2.75, 3.05) is 4.72 Å². The van der Waals surface area contributed by atoms with E-state index in [1.165, 1.54) is 23.8 Å². The minimum Gasteiger partial charge on any atom is -0.258 e. The van der Waals surface area contributed by atoms with Gasteiger partial charge in [0, 0.05) is 17.0 Å². The summed E-state index contributed by atoms with van der Waals surface area (Å²) in [6, 6.07) is 13.1. The van der Waals surface area contributed by atoms with Crippen LogP contribution in [0.5, 0.6) is 0 Å². The Labute approximate surface area is 160 Å². The second kappa shape index (κ2) is 7.45.